The van der Waals surface area contributed by atoms with Gasteiger partial charge < -0.3 is 20.5 Å². The first-order chi connectivity index (χ1) is 12.7. The fourth-order valence-corrected chi connectivity index (χ4v) is 3.44. The van der Waals surface area contributed by atoms with Crippen molar-refractivity contribution >= 4 is 39.9 Å². The van der Waals surface area contributed by atoms with Crippen LogP contribution in [0.25, 0.3) is 10.9 Å². The Balaban J connectivity index is 1.65. The van der Waals surface area contributed by atoms with Crippen LogP contribution in [0.15, 0.2) is 46.5 Å². The third-order valence-electron chi connectivity index (χ3n) is 4.39. The summed E-state index contributed by atoms with van der Waals surface area (Å²) in [5, 5.41) is 7.73. The van der Waals surface area contributed by atoms with Crippen molar-refractivity contribution in [2.24, 2.45) is 0 Å². The van der Waals surface area contributed by atoms with E-state index in [4.69, 9.17) is 0 Å². The molecule has 7 nitrogen and oxygen atoms in total. The number of anilines is 3. The molecule has 134 valence electrons. The third-order valence-corrected chi connectivity index (χ3v) is 4.94. The first kappa shape index (κ1) is 16.9. The van der Waals surface area contributed by atoms with Crippen LogP contribution in [0.2, 0.25) is 0 Å². The number of hydrogen-bond acceptors (Lipinski definition) is 7. The minimum absolute atomic E-state index is 0.199. The number of hydrogen-bond donors (Lipinski definition) is 3. The van der Waals surface area contributed by atoms with Crippen molar-refractivity contribution in [1.29, 1.82) is 0 Å². The summed E-state index contributed by atoms with van der Waals surface area (Å²) in [5.41, 5.74) is 2.52. The lowest BCUT2D eigenvalue weighted by molar-refractivity contribution is 0.589. The molecule has 4 rings (SSSR count). The summed E-state index contributed by atoms with van der Waals surface area (Å²) < 4.78 is 0. The molecule has 1 aliphatic rings. The molecule has 0 spiro atoms. The van der Waals surface area contributed by atoms with Gasteiger partial charge in [0.25, 0.3) is 5.56 Å². The summed E-state index contributed by atoms with van der Waals surface area (Å²) in [5.74, 6) is 0.524. The molecule has 1 aromatic carbocycles. The molecule has 1 aliphatic heterocycles. The van der Waals surface area contributed by atoms with E-state index in [-0.39, 0.29) is 5.56 Å². The highest BCUT2D eigenvalue weighted by Crippen LogP contribution is 2.25. The SMILES string of the molecule is CSc1nc(Nc2ccc(N3CCNCC3)cc2)c2c(=O)[nH]ccc2n1. The van der Waals surface area contributed by atoms with E-state index >= 15 is 0 Å². The monoisotopic (exact) mass is 368 g/mol. The number of benzene rings is 1. The van der Waals surface area contributed by atoms with Gasteiger partial charge in [0.1, 0.15) is 11.2 Å². The highest BCUT2D eigenvalue weighted by Gasteiger charge is 2.13. The van der Waals surface area contributed by atoms with Gasteiger partial charge in [0.05, 0.1) is 5.52 Å². The van der Waals surface area contributed by atoms with E-state index < -0.39 is 0 Å². The number of piperazine rings is 1. The number of rotatable bonds is 4. The standard InChI is InChI=1S/C18H20N6OS/c1-26-18-22-14-6-7-20-17(25)15(14)16(23-18)21-12-2-4-13(5-3-12)24-10-8-19-9-11-24/h2-7,19H,8-11H2,1H3,(H,20,25)(H,21,22,23). The lowest BCUT2D eigenvalue weighted by atomic mass is 10.2. The van der Waals surface area contributed by atoms with Crippen molar-refractivity contribution in [3.63, 3.8) is 0 Å². The minimum atomic E-state index is -0.199. The van der Waals surface area contributed by atoms with Crippen LogP contribution in [0.4, 0.5) is 17.2 Å². The van der Waals surface area contributed by atoms with Gasteiger partial charge in [0, 0.05) is 43.8 Å². The van der Waals surface area contributed by atoms with Crippen LogP contribution in [0.3, 0.4) is 0 Å². The molecule has 2 aromatic heterocycles. The predicted molar refractivity (Wildman–Crippen MR) is 107 cm³/mol. The van der Waals surface area contributed by atoms with E-state index in [1.807, 2.05) is 18.4 Å². The molecule has 8 heteroatoms. The van der Waals surface area contributed by atoms with Gasteiger partial charge in [-0.1, -0.05) is 11.8 Å². The van der Waals surface area contributed by atoms with Crippen molar-refractivity contribution in [1.82, 2.24) is 20.3 Å². The molecule has 1 saturated heterocycles. The number of aromatic nitrogens is 3. The lowest BCUT2D eigenvalue weighted by Gasteiger charge is -2.29. The molecule has 0 bridgehead atoms. The van der Waals surface area contributed by atoms with Crippen LogP contribution in [-0.2, 0) is 0 Å². The molecule has 0 aliphatic carbocycles. The first-order valence-electron chi connectivity index (χ1n) is 8.51. The van der Waals surface area contributed by atoms with Gasteiger partial charge in [-0.3, -0.25) is 4.79 Å². The fourth-order valence-electron chi connectivity index (χ4n) is 3.07. The predicted octanol–water partition coefficient (Wildman–Crippen LogP) is 2.19. The Kier molecular flexibility index (Phi) is 4.77. The fraction of sp³-hybridized carbons (Fsp3) is 0.278. The zero-order chi connectivity index (χ0) is 17.9. The maximum absolute atomic E-state index is 12.3. The second-order valence-corrected chi connectivity index (χ2v) is 6.81. The summed E-state index contributed by atoms with van der Waals surface area (Å²) in [6, 6.07) is 10.0. The van der Waals surface area contributed by atoms with Crippen molar-refractivity contribution in [3.8, 4) is 0 Å². The van der Waals surface area contributed by atoms with Gasteiger partial charge >= 0.3 is 0 Å². The van der Waals surface area contributed by atoms with Gasteiger partial charge in [-0.05, 0) is 36.6 Å². The van der Waals surface area contributed by atoms with Crippen LogP contribution < -0.4 is 21.1 Å². The van der Waals surface area contributed by atoms with Gasteiger partial charge in [-0.25, -0.2) is 9.97 Å². The van der Waals surface area contributed by atoms with Gasteiger partial charge in [-0.2, -0.15) is 0 Å². The van der Waals surface area contributed by atoms with Crippen molar-refractivity contribution in [2.45, 2.75) is 5.16 Å². The Hall–Kier alpha value is -2.58. The third kappa shape index (κ3) is 3.38. The highest BCUT2D eigenvalue weighted by atomic mass is 32.2. The van der Waals surface area contributed by atoms with Crippen molar-refractivity contribution in [2.75, 3.05) is 42.7 Å². The van der Waals surface area contributed by atoms with E-state index in [9.17, 15) is 4.79 Å². The molecule has 3 heterocycles. The molecule has 0 atom stereocenters. The van der Waals surface area contributed by atoms with E-state index in [0.29, 0.717) is 21.9 Å². The minimum Gasteiger partial charge on any atom is -0.369 e. The highest BCUT2D eigenvalue weighted by molar-refractivity contribution is 7.98. The average molecular weight is 368 g/mol. The quantitative estimate of drug-likeness (QED) is 0.481. The Morgan fingerprint density at radius 2 is 1.88 bits per heavy atom. The van der Waals surface area contributed by atoms with Crippen LogP contribution in [0, 0.1) is 0 Å². The molecule has 1 fully saturated rings. The summed E-state index contributed by atoms with van der Waals surface area (Å²) in [6.45, 7) is 4.03. The molecule has 0 radical (unpaired) electrons. The van der Waals surface area contributed by atoms with E-state index in [0.717, 1.165) is 31.9 Å². The molecular weight excluding hydrogens is 348 g/mol. The number of pyridine rings is 1. The van der Waals surface area contributed by atoms with Crippen LogP contribution in [-0.4, -0.2) is 47.4 Å². The zero-order valence-electron chi connectivity index (χ0n) is 14.5. The van der Waals surface area contributed by atoms with Crippen LogP contribution >= 0.6 is 11.8 Å². The Morgan fingerprint density at radius 1 is 1.12 bits per heavy atom. The summed E-state index contributed by atoms with van der Waals surface area (Å²) >= 11 is 1.45. The molecule has 3 N–H and O–H groups in total. The van der Waals surface area contributed by atoms with E-state index in [1.165, 1.54) is 17.4 Å². The van der Waals surface area contributed by atoms with Gasteiger partial charge in [0.2, 0.25) is 0 Å². The summed E-state index contributed by atoms with van der Waals surface area (Å²) in [7, 11) is 0. The smallest absolute Gasteiger partial charge is 0.261 e. The zero-order valence-corrected chi connectivity index (χ0v) is 15.3. The van der Waals surface area contributed by atoms with E-state index in [1.54, 1.807) is 12.3 Å². The second kappa shape index (κ2) is 7.35. The Morgan fingerprint density at radius 3 is 2.62 bits per heavy atom. The molecule has 0 amide bonds. The number of nitrogens with one attached hydrogen (secondary N) is 3. The van der Waals surface area contributed by atoms with Crippen molar-refractivity contribution < 1.29 is 0 Å². The summed E-state index contributed by atoms with van der Waals surface area (Å²) in [6.07, 6.45) is 3.52. The van der Waals surface area contributed by atoms with Gasteiger partial charge in [0.15, 0.2) is 5.16 Å². The van der Waals surface area contributed by atoms with Crippen molar-refractivity contribution in [3.05, 3.63) is 46.9 Å². The number of thioether (sulfide) groups is 1. The first-order valence-corrected chi connectivity index (χ1v) is 9.73. The maximum Gasteiger partial charge on any atom is 0.261 e. The lowest BCUT2D eigenvalue weighted by Crippen LogP contribution is -2.43. The second-order valence-electron chi connectivity index (χ2n) is 6.03. The molecular formula is C18H20N6OS. The maximum atomic E-state index is 12.3. The number of aromatic amines is 1. The number of nitrogens with zero attached hydrogens (tertiary/aromatic N) is 3. The molecule has 0 saturated carbocycles. The Bertz CT molecular complexity index is 966. The number of fused-ring (bicyclic) bond motifs is 1. The Labute approximate surface area is 155 Å². The van der Waals surface area contributed by atoms with Crippen LogP contribution in [0.1, 0.15) is 0 Å². The number of H-pyrrole nitrogens is 1. The summed E-state index contributed by atoms with van der Waals surface area (Å²) in [4.78, 5) is 26.2. The normalized spacial score (nSPS) is 14.6. The van der Waals surface area contributed by atoms with Crippen LogP contribution in [0.5, 0.6) is 0 Å². The molecule has 0 unspecified atom stereocenters. The molecule has 3 aromatic rings. The average Bonchev–Trinajstić information content (AvgIpc) is 2.69. The van der Waals surface area contributed by atoms with E-state index in [2.05, 4.69) is 42.6 Å². The largest absolute Gasteiger partial charge is 0.369 e. The molecule has 26 heavy (non-hydrogen) atoms. The van der Waals surface area contributed by atoms with Gasteiger partial charge in [-0.15, -0.1) is 0 Å². The topological polar surface area (TPSA) is 85.9 Å².